The lowest BCUT2D eigenvalue weighted by atomic mass is 10.1. The first-order valence-corrected chi connectivity index (χ1v) is 6.47. The molecule has 1 saturated heterocycles. The van der Waals surface area contributed by atoms with Crippen LogP contribution in [0.25, 0.3) is 0 Å². The van der Waals surface area contributed by atoms with Crippen molar-refractivity contribution in [1.29, 1.82) is 0 Å². The van der Waals surface area contributed by atoms with Gasteiger partial charge in [-0.2, -0.15) is 0 Å². The normalized spacial score (nSPS) is 20.6. The first-order chi connectivity index (χ1) is 9.17. The van der Waals surface area contributed by atoms with Gasteiger partial charge in [0.05, 0.1) is 24.8 Å². The molecule has 104 valence electrons. The third-order valence-electron chi connectivity index (χ3n) is 3.37. The standard InChI is InChI=1S/C13H20N4O2/c1-3-10-8-19-7-6-17(10)13-11(12(14)16-18)5-4-9(2)15-13/h4-5,10,18H,3,6-8H2,1-2H3,(H2,14,16). The lowest BCUT2D eigenvalue weighted by molar-refractivity contribution is 0.0925. The van der Waals surface area contributed by atoms with Crippen LogP contribution in [0.1, 0.15) is 24.6 Å². The number of pyridine rings is 1. The monoisotopic (exact) mass is 264 g/mol. The second-order valence-corrected chi connectivity index (χ2v) is 4.64. The van der Waals surface area contributed by atoms with E-state index < -0.39 is 0 Å². The van der Waals surface area contributed by atoms with Crippen molar-refractivity contribution in [1.82, 2.24) is 4.98 Å². The number of aromatic nitrogens is 1. The van der Waals surface area contributed by atoms with Crippen molar-refractivity contribution in [2.45, 2.75) is 26.3 Å². The Morgan fingerprint density at radius 2 is 2.42 bits per heavy atom. The lowest BCUT2D eigenvalue weighted by Gasteiger charge is -2.37. The first-order valence-electron chi connectivity index (χ1n) is 6.47. The van der Waals surface area contributed by atoms with Gasteiger partial charge < -0.3 is 20.6 Å². The quantitative estimate of drug-likeness (QED) is 0.369. The van der Waals surface area contributed by atoms with E-state index >= 15 is 0 Å². The number of nitrogens with two attached hydrogens (primary N) is 1. The maximum absolute atomic E-state index is 8.90. The van der Waals surface area contributed by atoms with Gasteiger partial charge in [-0.3, -0.25) is 0 Å². The molecule has 1 unspecified atom stereocenters. The molecule has 1 aliphatic rings. The Morgan fingerprint density at radius 1 is 1.63 bits per heavy atom. The maximum Gasteiger partial charge on any atom is 0.173 e. The predicted molar refractivity (Wildman–Crippen MR) is 73.7 cm³/mol. The predicted octanol–water partition coefficient (Wildman–Crippen LogP) is 1.10. The topological polar surface area (TPSA) is 84.0 Å². The minimum atomic E-state index is 0.0869. The van der Waals surface area contributed by atoms with Crippen LogP contribution in [0.15, 0.2) is 17.3 Å². The molecule has 0 spiro atoms. The van der Waals surface area contributed by atoms with Gasteiger partial charge in [0, 0.05) is 12.2 Å². The largest absolute Gasteiger partial charge is 0.409 e. The molecular weight excluding hydrogens is 244 g/mol. The van der Waals surface area contributed by atoms with Gasteiger partial charge in [0.25, 0.3) is 0 Å². The summed E-state index contributed by atoms with van der Waals surface area (Å²) >= 11 is 0. The van der Waals surface area contributed by atoms with Gasteiger partial charge >= 0.3 is 0 Å². The summed E-state index contributed by atoms with van der Waals surface area (Å²) in [5.74, 6) is 0.856. The van der Waals surface area contributed by atoms with E-state index in [0.717, 1.165) is 24.5 Å². The summed E-state index contributed by atoms with van der Waals surface area (Å²) in [4.78, 5) is 6.75. The van der Waals surface area contributed by atoms with Crippen LogP contribution in [0.2, 0.25) is 0 Å². The summed E-state index contributed by atoms with van der Waals surface area (Å²) in [6.45, 7) is 6.16. The molecule has 1 aliphatic heterocycles. The average Bonchev–Trinajstić information content (AvgIpc) is 2.46. The highest BCUT2D eigenvalue weighted by molar-refractivity contribution is 6.01. The lowest BCUT2D eigenvalue weighted by Crippen LogP contribution is -2.46. The van der Waals surface area contributed by atoms with Crippen molar-refractivity contribution in [3.63, 3.8) is 0 Å². The molecule has 0 aromatic carbocycles. The fraction of sp³-hybridized carbons (Fsp3) is 0.538. The van der Waals surface area contributed by atoms with Crippen LogP contribution in [0.4, 0.5) is 5.82 Å². The zero-order chi connectivity index (χ0) is 13.8. The number of rotatable bonds is 3. The Hall–Kier alpha value is -1.82. The van der Waals surface area contributed by atoms with Crippen molar-refractivity contribution in [2.24, 2.45) is 10.9 Å². The highest BCUT2D eigenvalue weighted by Crippen LogP contribution is 2.24. The Labute approximate surface area is 112 Å². The summed E-state index contributed by atoms with van der Waals surface area (Å²) < 4.78 is 5.50. The van der Waals surface area contributed by atoms with Crippen LogP contribution in [-0.4, -0.2) is 41.8 Å². The Kier molecular flexibility index (Phi) is 4.21. The highest BCUT2D eigenvalue weighted by Gasteiger charge is 2.25. The fourth-order valence-corrected chi connectivity index (χ4v) is 2.29. The number of hydrogen-bond donors (Lipinski definition) is 2. The molecule has 6 nitrogen and oxygen atoms in total. The third-order valence-corrected chi connectivity index (χ3v) is 3.37. The van der Waals surface area contributed by atoms with Crippen LogP contribution < -0.4 is 10.6 Å². The van der Waals surface area contributed by atoms with Gasteiger partial charge in [0.2, 0.25) is 0 Å². The van der Waals surface area contributed by atoms with Gasteiger partial charge in [-0.1, -0.05) is 12.1 Å². The van der Waals surface area contributed by atoms with Gasteiger partial charge in [-0.25, -0.2) is 4.98 Å². The SMILES string of the molecule is CCC1COCCN1c1nc(C)ccc1C(N)=NO. The zero-order valence-corrected chi connectivity index (χ0v) is 11.3. The van der Waals surface area contributed by atoms with E-state index in [2.05, 4.69) is 22.0 Å². The zero-order valence-electron chi connectivity index (χ0n) is 11.3. The second kappa shape index (κ2) is 5.88. The van der Waals surface area contributed by atoms with E-state index in [1.54, 1.807) is 0 Å². The maximum atomic E-state index is 8.90. The molecule has 19 heavy (non-hydrogen) atoms. The number of aryl methyl sites for hydroxylation is 1. The van der Waals surface area contributed by atoms with Gasteiger partial charge in [0.15, 0.2) is 5.84 Å². The third kappa shape index (κ3) is 2.78. The molecule has 1 aromatic rings. The van der Waals surface area contributed by atoms with Gasteiger partial charge in [0.1, 0.15) is 5.82 Å². The Balaban J connectivity index is 2.44. The van der Waals surface area contributed by atoms with Crippen LogP contribution in [0.3, 0.4) is 0 Å². The highest BCUT2D eigenvalue weighted by atomic mass is 16.5. The van der Waals surface area contributed by atoms with Crippen molar-refractivity contribution in [3.05, 3.63) is 23.4 Å². The van der Waals surface area contributed by atoms with Crippen LogP contribution in [-0.2, 0) is 4.74 Å². The first kappa shape index (κ1) is 13.6. The number of anilines is 1. The number of morpholine rings is 1. The summed E-state index contributed by atoms with van der Waals surface area (Å²) in [6, 6.07) is 3.97. The van der Waals surface area contributed by atoms with Crippen molar-refractivity contribution < 1.29 is 9.94 Å². The Morgan fingerprint density at radius 3 is 3.11 bits per heavy atom. The van der Waals surface area contributed by atoms with E-state index in [-0.39, 0.29) is 11.9 Å². The molecule has 0 amide bonds. The summed E-state index contributed by atoms with van der Waals surface area (Å²) in [5, 5.41) is 12.0. The molecular formula is C13H20N4O2. The molecule has 2 rings (SSSR count). The molecule has 0 saturated carbocycles. The Bertz CT molecular complexity index is 476. The second-order valence-electron chi connectivity index (χ2n) is 4.64. The molecule has 0 bridgehead atoms. The molecule has 1 atom stereocenters. The number of amidine groups is 1. The van der Waals surface area contributed by atoms with Crippen LogP contribution in [0.5, 0.6) is 0 Å². The molecule has 6 heteroatoms. The summed E-state index contributed by atoms with van der Waals surface area (Å²) in [6.07, 6.45) is 0.964. The van der Waals surface area contributed by atoms with E-state index in [1.807, 2.05) is 19.1 Å². The van der Waals surface area contributed by atoms with Crippen molar-refractivity contribution >= 4 is 11.7 Å². The molecule has 2 heterocycles. The molecule has 1 aromatic heterocycles. The van der Waals surface area contributed by atoms with Crippen molar-refractivity contribution in [3.8, 4) is 0 Å². The van der Waals surface area contributed by atoms with Gasteiger partial charge in [-0.05, 0) is 25.5 Å². The van der Waals surface area contributed by atoms with E-state index in [0.29, 0.717) is 18.8 Å². The summed E-state index contributed by atoms with van der Waals surface area (Å²) in [5.41, 5.74) is 7.31. The number of oxime groups is 1. The smallest absolute Gasteiger partial charge is 0.173 e. The summed E-state index contributed by atoms with van der Waals surface area (Å²) in [7, 11) is 0. The molecule has 0 radical (unpaired) electrons. The molecule has 3 N–H and O–H groups in total. The average molecular weight is 264 g/mol. The van der Waals surface area contributed by atoms with E-state index in [4.69, 9.17) is 15.7 Å². The minimum Gasteiger partial charge on any atom is -0.409 e. The number of nitrogens with zero attached hydrogens (tertiary/aromatic N) is 3. The van der Waals surface area contributed by atoms with E-state index in [1.165, 1.54) is 0 Å². The van der Waals surface area contributed by atoms with Crippen LogP contribution in [0, 0.1) is 6.92 Å². The fourth-order valence-electron chi connectivity index (χ4n) is 2.29. The minimum absolute atomic E-state index is 0.0869. The molecule has 1 fully saturated rings. The van der Waals surface area contributed by atoms with Crippen LogP contribution >= 0.6 is 0 Å². The van der Waals surface area contributed by atoms with Gasteiger partial charge in [-0.15, -0.1) is 0 Å². The van der Waals surface area contributed by atoms with Crippen molar-refractivity contribution in [2.75, 3.05) is 24.7 Å². The molecule has 0 aliphatic carbocycles. The number of ether oxygens (including phenoxy) is 1. The van der Waals surface area contributed by atoms with E-state index in [9.17, 15) is 0 Å². The number of hydrogen-bond acceptors (Lipinski definition) is 5.